The quantitative estimate of drug-likeness (QED) is 0.662. The van der Waals surface area contributed by atoms with E-state index in [-0.39, 0.29) is 24.8 Å². The van der Waals surface area contributed by atoms with Crippen molar-refractivity contribution in [1.29, 1.82) is 0 Å². The van der Waals surface area contributed by atoms with E-state index in [2.05, 4.69) is 15.4 Å². The molecule has 0 bridgehead atoms. The Morgan fingerprint density at radius 1 is 1.13 bits per heavy atom. The molecule has 1 unspecified atom stereocenters. The number of anilines is 1. The molecule has 1 aliphatic rings. The van der Waals surface area contributed by atoms with E-state index in [1.807, 2.05) is 31.2 Å². The second-order valence-electron chi connectivity index (χ2n) is 7.49. The van der Waals surface area contributed by atoms with Crippen LogP contribution in [0.15, 0.2) is 48.5 Å². The van der Waals surface area contributed by atoms with Gasteiger partial charge >= 0.3 is 5.97 Å². The average Bonchev–Trinajstić information content (AvgIpc) is 3.14. The number of carbonyl (C=O) groups is 4. The molecular weight excluding hydrogens is 398 g/mol. The molecule has 1 fully saturated rings. The van der Waals surface area contributed by atoms with Gasteiger partial charge in [0.15, 0.2) is 0 Å². The number of rotatable bonds is 7. The first-order valence-electron chi connectivity index (χ1n) is 9.95. The zero-order valence-corrected chi connectivity index (χ0v) is 17.5. The Kier molecular flexibility index (Phi) is 7.02. The van der Waals surface area contributed by atoms with Crippen LogP contribution in [0.25, 0.3) is 0 Å². The van der Waals surface area contributed by atoms with Crippen molar-refractivity contribution >= 4 is 29.4 Å². The summed E-state index contributed by atoms with van der Waals surface area (Å²) in [5.74, 6) is -1.81. The number of ether oxygens (including phenoxy) is 1. The van der Waals surface area contributed by atoms with E-state index >= 15 is 0 Å². The zero-order chi connectivity index (χ0) is 22.4. The molecule has 3 amide bonds. The molecule has 8 heteroatoms. The smallest absolute Gasteiger partial charge is 0.325 e. The fraction of sp³-hybridized carbons (Fsp3) is 0.304. The van der Waals surface area contributed by atoms with Gasteiger partial charge in [0.1, 0.15) is 6.54 Å². The summed E-state index contributed by atoms with van der Waals surface area (Å²) >= 11 is 0. The van der Waals surface area contributed by atoms with Gasteiger partial charge in [-0.25, -0.2) is 0 Å². The molecule has 0 radical (unpaired) electrons. The molecule has 1 saturated heterocycles. The number of likely N-dealkylation sites (tertiary alicyclic amines) is 1. The SMILES string of the molecule is COC(=O)CNC(=O)c1cccc(NC(=O)C2CC(=O)N(Cc3ccc(C)cc3)C2)c1. The minimum Gasteiger partial charge on any atom is -0.468 e. The number of benzene rings is 2. The van der Waals surface area contributed by atoms with Gasteiger partial charge in [0, 0.05) is 30.8 Å². The molecule has 2 aromatic carbocycles. The summed E-state index contributed by atoms with van der Waals surface area (Å²) < 4.78 is 4.49. The second-order valence-corrected chi connectivity index (χ2v) is 7.49. The Hall–Kier alpha value is -3.68. The molecule has 2 aromatic rings. The maximum atomic E-state index is 12.7. The lowest BCUT2D eigenvalue weighted by atomic mass is 10.1. The lowest BCUT2D eigenvalue weighted by molar-refractivity contribution is -0.139. The number of nitrogens with zero attached hydrogens (tertiary/aromatic N) is 1. The highest BCUT2D eigenvalue weighted by Crippen LogP contribution is 2.22. The summed E-state index contributed by atoms with van der Waals surface area (Å²) in [5.41, 5.74) is 2.91. The molecule has 0 aliphatic carbocycles. The third-order valence-electron chi connectivity index (χ3n) is 5.09. The molecule has 1 aliphatic heterocycles. The third kappa shape index (κ3) is 5.91. The van der Waals surface area contributed by atoms with Crippen LogP contribution < -0.4 is 10.6 Å². The van der Waals surface area contributed by atoms with E-state index in [1.54, 1.807) is 23.1 Å². The van der Waals surface area contributed by atoms with Crippen molar-refractivity contribution < 1.29 is 23.9 Å². The van der Waals surface area contributed by atoms with Gasteiger partial charge in [-0.1, -0.05) is 35.9 Å². The number of amides is 3. The van der Waals surface area contributed by atoms with Crippen LogP contribution in [0.3, 0.4) is 0 Å². The van der Waals surface area contributed by atoms with Crippen molar-refractivity contribution in [2.75, 3.05) is 25.5 Å². The van der Waals surface area contributed by atoms with Crippen LogP contribution in [0.2, 0.25) is 0 Å². The normalized spacial score (nSPS) is 15.5. The summed E-state index contributed by atoms with van der Waals surface area (Å²) in [5, 5.41) is 5.22. The summed E-state index contributed by atoms with van der Waals surface area (Å²) in [6, 6.07) is 14.3. The first kappa shape index (κ1) is 22.0. The second kappa shape index (κ2) is 9.88. The first-order chi connectivity index (χ1) is 14.9. The maximum absolute atomic E-state index is 12.7. The molecule has 8 nitrogen and oxygen atoms in total. The molecule has 0 aromatic heterocycles. The lowest BCUT2D eigenvalue weighted by Crippen LogP contribution is -2.30. The van der Waals surface area contributed by atoms with Crippen LogP contribution in [0.4, 0.5) is 5.69 Å². The number of esters is 1. The lowest BCUT2D eigenvalue weighted by Gasteiger charge is -2.17. The van der Waals surface area contributed by atoms with Gasteiger partial charge in [-0.2, -0.15) is 0 Å². The highest BCUT2D eigenvalue weighted by molar-refractivity contribution is 6.00. The molecular formula is C23H25N3O5. The third-order valence-corrected chi connectivity index (χ3v) is 5.09. The van der Waals surface area contributed by atoms with Gasteiger partial charge in [-0.15, -0.1) is 0 Å². The standard InChI is InChI=1S/C23H25N3O5/c1-15-6-8-16(9-7-15)13-26-14-18(11-20(26)27)23(30)25-19-5-3-4-17(10-19)22(29)24-12-21(28)31-2/h3-10,18H,11-14H2,1-2H3,(H,24,29)(H,25,30). The van der Waals surface area contributed by atoms with Crippen molar-refractivity contribution in [3.05, 3.63) is 65.2 Å². The Morgan fingerprint density at radius 2 is 1.87 bits per heavy atom. The van der Waals surface area contributed by atoms with Crippen LogP contribution >= 0.6 is 0 Å². The van der Waals surface area contributed by atoms with E-state index in [1.165, 1.54) is 13.2 Å². The Bertz CT molecular complexity index is 987. The van der Waals surface area contributed by atoms with Crippen molar-refractivity contribution in [3.8, 4) is 0 Å². The largest absolute Gasteiger partial charge is 0.468 e. The summed E-state index contributed by atoms with van der Waals surface area (Å²) in [6.07, 6.45) is 0.150. The minimum absolute atomic E-state index is 0.0586. The number of hydrogen-bond acceptors (Lipinski definition) is 5. The highest BCUT2D eigenvalue weighted by atomic mass is 16.5. The van der Waals surface area contributed by atoms with Crippen molar-refractivity contribution in [2.45, 2.75) is 19.9 Å². The molecule has 31 heavy (non-hydrogen) atoms. The van der Waals surface area contributed by atoms with Gasteiger partial charge in [-0.3, -0.25) is 19.2 Å². The Balaban J connectivity index is 1.57. The number of nitrogens with one attached hydrogen (secondary N) is 2. The van der Waals surface area contributed by atoms with Gasteiger partial charge in [0.2, 0.25) is 11.8 Å². The fourth-order valence-electron chi connectivity index (χ4n) is 3.32. The number of aryl methyl sites for hydroxylation is 1. The van der Waals surface area contributed by atoms with E-state index in [0.29, 0.717) is 24.3 Å². The highest BCUT2D eigenvalue weighted by Gasteiger charge is 2.34. The van der Waals surface area contributed by atoms with Crippen LogP contribution in [-0.2, 0) is 25.7 Å². The van der Waals surface area contributed by atoms with E-state index in [4.69, 9.17) is 0 Å². The average molecular weight is 423 g/mol. The molecule has 1 heterocycles. The topological polar surface area (TPSA) is 105 Å². The molecule has 1 atom stereocenters. The van der Waals surface area contributed by atoms with Crippen LogP contribution in [0.5, 0.6) is 0 Å². The number of methoxy groups -OCH3 is 1. The van der Waals surface area contributed by atoms with Crippen molar-refractivity contribution in [3.63, 3.8) is 0 Å². The van der Waals surface area contributed by atoms with Crippen LogP contribution in [-0.4, -0.2) is 48.8 Å². The van der Waals surface area contributed by atoms with Crippen LogP contribution in [0, 0.1) is 12.8 Å². The van der Waals surface area contributed by atoms with Crippen LogP contribution in [0.1, 0.15) is 27.9 Å². The summed E-state index contributed by atoms with van der Waals surface area (Å²) in [4.78, 5) is 50.1. The molecule has 2 N–H and O–H groups in total. The van der Waals surface area contributed by atoms with E-state index in [9.17, 15) is 19.2 Å². The fourth-order valence-corrected chi connectivity index (χ4v) is 3.32. The van der Waals surface area contributed by atoms with E-state index in [0.717, 1.165) is 11.1 Å². The van der Waals surface area contributed by atoms with Gasteiger partial charge in [-0.05, 0) is 30.7 Å². The van der Waals surface area contributed by atoms with Crippen molar-refractivity contribution in [1.82, 2.24) is 10.2 Å². The predicted molar refractivity (Wildman–Crippen MR) is 114 cm³/mol. The van der Waals surface area contributed by atoms with Gasteiger partial charge < -0.3 is 20.3 Å². The molecule has 0 saturated carbocycles. The van der Waals surface area contributed by atoms with Gasteiger partial charge in [0.25, 0.3) is 5.91 Å². The maximum Gasteiger partial charge on any atom is 0.325 e. The molecule has 0 spiro atoms. The summed E-state index contributed by atoms with van der Waals surface area (Å²) in [7, 11) is 1.24. The Labute approximate surface area is 180 Å². The first-order valence-corrected chi connectivity index (χ1v) is 9.95. The van der Waals surface area contributed by atoms with Gasteiger partial charge in [0.05, 0.1) is 13.0 Å². The summed E-state index contributed by atoms with van der Waals surface area (Å²) in [6.45, 7) is 2.58. The molecule has 3 rings (SSSR count). The predicted octanol–water partition coefficient (Wildman–Crippen LogP) is 1.89. The monoisotopic (exact) mass is 423 g/mol. The number of carbonyl (C=O) groups excluding carboxylic acids is 4. The number of hydrogen-bond donors (Lipinski definition) is 2. The zero-order valence-electron chi connectivity index (χ0n) is 17.5. The van der Waals surface area contributed by atoms with E-state index < -0.39 is 17.8 Å². The van der Waals surface area contributed by atoms with Crippen molar-refractivity contribution in [2.24, 2.45) is 5.92 Å². The molecule has 162 valence electrons. The Morgan fingerprint density at radius 3 is 2.58 bits per heavy atom. The minimum atomic E-state index is -0.557.